The molecule has 1 saturated heterocycles. The van der Waals surface area contributed by atoms with E-state index in [0.29, 0.717) is 12.8 Å². The van der Waals surface area contributed by atoms with Crippen molar-refractivity contribution >= 4 is 23.3 Å². The fourth-order valence-electron chi connectivity index (χ4n) is 2.38. The first-order chi connectivity index (χ1) is 8.42. The monoisotopic (exact) mass is 267 g/mol. The summed E-state index contributed by atoms with van der Waals surface area (Å²) < 4.78 is 0. The average Bonchev–Trinajstić information content (AvgIpc) is 2.33. The molecule has 1 aliphatic rings. The number of hydrogen-bond donors (Lipinski definition) is 1. The second kappa shape index (κ2) is 4.81. The molecule has 0 saturated carbocycles. The lowest BCUT2D eigenvalue weighted by atomic mass is 9.80. The normalized spacial score (nSPS) is 18.7. The molecule has 0 aromatic heterocycles. The first-order valence-corrected chi connectivity index (χ1v) is 6.55. The molecule has 2 rings (SSSR count). The third-order valence-electron chi connectivity index (χ3n) is 3.90. The number of aryl methyl sites for hydroxylation is 1. The quantitative estimate of drug-likeness (QED) is 0.893. The van der Waals surface area contributed by atoms with E-state index in [1.54, 1.807) is 0 Å². The summed E-state index contributed by atoms with van der Waals surface area (Å²) in [7, 11) is 0. The van der Waals surface area contributed by atoms with Crippen LogP contribution in [0.1, 0.15) is 25.3 Å². The van der Waals surface area contributed by atoms with Gasteiger partial charge in [0.2, 0.25) is 0 Å². The topological polar surface area (TPSA) is 40.5 Å². The fraction of sp³-hybridized carbons (Fsp3) is 0.500. The van der Waals surface area contributed by atoms with E-state index in [1.165, 1.54) is 5.56 Å². The number of rotatable bonds is 2. The molecule has 3 nitrogen and oxygen atoms in total. The molecule has 4 heteroatoms. The third kappa shape index (κ3) is 2.46. The van der Waals surface area contributed by atoms with Crippen molar-refractivity contribution in [2.24, 2.45) is 5.41 Å². The number of nitrogens with zero attached hydrogens (tertiary/aromatic N) is 1. The van der Waals surface area contributed by atoms with Gasteiger partial charge in [-0.1, -0.05) is 17.7 Å². The summed E-state index contributed by atoms with van der Waals surface area (Å²) in [6, 6.07) is 5.84. The predicted molar refractivity (Wildman–Crippen MR) is 73.4 cm³/mol. The maximum atomic E-state index is 11.2. The van der Waals surface area contributed by atoms with Crippen LogP contribution in [0.5, 0.6) is 0 Å². The molecule has 0 bridgehead atoms. The molecule has 0 atom stereocenters. The van der Waals surface area contributed by atoms with E-state index in [4.69, 9.17) is 11.6 Å². The molecule has 1 aliphatic heterocycles. The Morgan fingerprint density at radius 1 is 1.39 bits per heavy atom. The summed E-state index contributed by atoms with van der Waals surface area (Å²) in [6.45, 7) is 5.42. The van der Waals surface area contributed by atoms with Gasteiger partial charge in [0.25, 0.3) is 0 Å². The second-order valence-corrected chi connectivity index (χ2v) is 5.72. The zero-order valence-electron chi connectivity index (χ0n) is 10.7. The number of anilines is 1. The smallest absolute Gasteiger partial charge is 0.309 e. The van der Waals surface area contributed by atoms with E-state index in [9.17, 15) is 9.90 Å². The maximum absolute atomic E-state index is 11.2. The van der Waals surface area contributed by atoms with Crippen LogP contribution < -0.4 is 4.90 Å². The van der Waals surface area contributed by atoms with Crippen LogP contribution >= 0.6 is 11.6 Å². The Labute approximate surface area is 112 Å². The zero-order chi connectivity index (χ0) is 13.3. The van der Waals surface area contributed by atoms with Crippen LogP contribution in [0, 0.1) is 12.3 Å². The van der Waals surface area contributed by atoms with E-state index in [0.717, 1.165) is 23.8 Å². The Kier molecular flexibility index (Phi) is 3.53. The largest absolute Gasteiger partial charge is 0.481 e. The number of aliphatic carboxylic acids is 1. The highest BCUT2D eigenvalue weighted by Crippen LogP contribution is 2.34. The van der Waals surface area contributed by atoms with Crippen LogP contribution in [-0.4, -0.2) is 24.2 Å². The Bertz CT molecular complexity index is 465. The summed E-state index contributed by atoms with van der Waals surface area (Å²) in [4.78, 5) is 13.4. The third-order valence-corrected chi connectivity index (χ3v) is 4.13. The Morgan fingerprint density at radius 3 is 2.56 bits per heavy atom. The van der Waals surface area contributed by atoms with Gasteiger partial charge in [-0.3, -0.25) is 4.79 Å². The van der Waals surface area contributed by atoms with Crippen LogP contribution in [-0.2, 0) is 4.79 Å². The lowest BCUT2D eigenvalue weighted by molar-refractivity contribution is -0.149. The van der Waals surface area contributed by atoms with Crippen LogP contribution in [0.2, 0.25) is 5.02 Å². The zero-order valence-corrected chi connectivity index (χ0v) is 11.5. The number of benzene rings is 1. The molecule has 98 valence electrons. The van der Waals surface area contributed by atoms with Crippen molar-refractivity contribution in [3.8, 4) is 0 Å². The summed E-state index contributed by atoms with van der Waals surface area (Å²) in [5, 5.41) is 9.94. The van der Waals surface area contributed by atoms with Gasteiger partial charge in [0.05, 0.1) is 5.41 Å². The van der Waals surface area contributed by atoms with Crippen LogP contribution in [0.4, 0.5) is 5.69 Å². The summed E-state index contributed by atoms with van der Waals surface area (Å²) >= 11 is 6.02. The van der Waals surface area contributed by atoms with Gasteiger partial charge in [-0.2, -0.15) is 0 Å². The highest BCUT2D eigenvalue weighted by Gasteiger charge is 2.37. The van der Waals surface area contributed by atoms with Crippen molar-refractivity contribution in [3.05, 3.63) is 28.8 Å². The summed E-state index contributed by atoms with van der Waals surface area (Å²) in [5.74, 6) is -0.690. The van der Waals surface area contributed by atoms with Crippen molar-refractivity contribution in [2.45, 2.75) is 26.7 Å². The lowest BCUT2D eigenvalue weighted by Crippen LogP contribution is -2.42. The van der Waals surface area contributed by atoms with Gasteiger partial charge in [-0.25, -0.2) is 0 Å². The Hall–Kier alpha value is -1.22. The van der Waals surface area contributed by atoms with Crippen molar-refractivity contribution in [3.63, 3.8) is 0 Å². The number of hydrogen-bond acceptors (Lipinski definition) is 2. The van der Waals surface area contributed by atoms with Gasteiger partial charge >= 0.3 is 5.97 Å². The minimum absolute atomic E-state index is 0.580. The first-order valence-electron chi connectivity index (χ1n) is 6.17. The molecular weight excluding hydrogens is 250 g/mol. The molecule has 1 aromatic carbocycles. The van der Waals surface area contributed by atoms with Gasteiger partial charge in [0, 0.05) is 23.8 Å². The summed E-state index contributed by atoms with van der Waals surface area (Å²) in [6.07, 6.45) is 1.35. The molecule has 0 aliphatic carbocycles. The lowest BCUT2D eigenvalue weighted by Gasteiger charge is -2.38. The maximum Gasteiger partial charge on any atom is 0.309 e. The minimum Gasteiger partial charge on any atom is -0.481 e. The molecule has 1 fully saturated rings. The van der Waals surface area contributed by atoms with E-state index < -0.39 is 11.4 Å². The highest BCUT2D eigenvalue weighted by atomic mass is 35.5. The van der Waals surface area contributed by atoms with Crippen LogP contribution in [0.25, 0.3) is 0 Å². The minimum atomic E-state index is -0.690. The molecule has 18 heavy (non-hydrogen) atoms. The van der Waals surface area contributed by atoms with Gasteiger partial charge in [-0.05, 0) is 44.4 Å². The SMILES string of the molecule is Cc1ccc(Cl)cc1N1CCC(C)(C(=O)O)CC1. The van der Waals surface area contributed by atoms with Crippen LogP contribution in [0.3, 0.4) is 0 Å². The molecule has 0 amide bonds. The van der Waals surface area contributed by atoms with Gasteiger partial charge in [0.1, 0.15) is 0 Å². The molecule has 1 aromatic rings. The standard InChI is InChI=1S/C14H18ClNO2/c1-10-3-4-11(15)9-12(10)16-7-5-14(2,6-8-16)13(17)18/h3-4,9H,5-8H2,1-2H3,(H,17,18). The Morgan fingerprint density at radius 2 is 2.00 bits per heavy atom. The van der Waals surface area contributed by atoms with Crippen LogP contribution in [0.15, 0.2) is 18.2 Å². The van der Waals surface area contributed by atoms with Gasteiger partial charge in [0.15, 0.2) is 0 Å². The van der Waals surface area contributed by atoms with Crippen molar-refractivity contribution in [1.29, 1.82) is 0 Å². The van der Waals surface area contributed by atoms with Crippen molar-refractivity contribution < 1.29 is 9.90 Å². The average molecular weight is 268 g/mol. The van der Waals surface area contributed by atoms with E-state index in [1.807, 2.05) is 25.1 Å². The van der Waals surface area contributed by atoms with Gasteiger partial charge < -0.3 is 10.0 Å². The number of halogens is 1. The fourth-order valence-corrected chi connectivity index (χ4v) is 2.54. The van der Waals surface area contributed by atoms with Crippen molar-refractivity contribution in [1.82, 2.24) is 0 Å². The number of carboxylic acids is 1. The molecule has 0 spiro atoms. The van der Waals surface area contributed by atoms with Gasteiger partial charge in [-0.15, -0.1) is 0 Å². The number of carbonyl (C=O) groups is 1. The first kappa shape index (κ1) is 13.2. The molecule has 0 unspecified atom stereocenters. The second-order valence-electron chi connectivity index (χ2n) is 5.28. The highest BCUT2D eigenvalue weighted by molar-refractivity contribution is 6.30. The Balaban J connectivity index is 2.15. The number of piperidine rings is 1. The van der Waals surface area contributed by atoms with E-state index in [-0.39, 0.29) is 0 Å². The molecule has 1 heterocycles. The van der Waals surface area contributed by atoms with E-state index in [2.05, 4.69) is 11.8 Å². The molecule has 0 radical (unpaired) electrons. The molecule has 1 N–H and O–H groups in total. The van der Waals surface area contributed by atoms with E-state index >= 15 is 0 Å². The van der Waals surface area contributed by atoms with Crippen molar-refractivity contribution in [2.75, 3.05) is 18.0 Å². The number of carboxylic acid groups (broad SMARTS) is 1. The predicted octanol–water partition coefficient (Wildman–Crippen LogP) is 3.34. The molecular formula is C14H18ClNO2. The summed E-state index contributed by atoms with van der Waals surface area (Å²) in [5.41, 5.74) is 1.72.